The van der Waals surface area contributed by atoms with Gasteiger partial charge >= 0.3 is 0 Å². The molecule has 0 aliphatic rings. The number of unbranched alkanes of at least 4 members (excludes halogenated alkanes) is 30. The number of aliphatic hydroxyl groups excluding tert-OH is 4. The van der Waals surface area contributed by atoms with Gasteiger partial charge in [0.1, 0.15) is 12.2 Å². The van der Waals surface area contributed by atoms with Gasteiger partial charge in [0.25, 0.3) is 0 Å². The molecule has 0 aromatic heterocycles. The van der Waals surface area contributed by atoms with Crippen LogP contribution < -0.4 is 5.32 Å². The molecule has 0 radical (unpaired) electrons. The molecule has 0 rings (SSSR count). The summed E-state index contributed by atoms with van der Waals surface area (Å²) in [6.07, 6.45) is 38.7. The lowest BCUT2D eigenvalue weighted by Crippen LogP contribution is -2.53. The van der Waals surface area contributed by atoms with Crippen molar-refractivity contribution >= 4 is 5.91 Å². The van der Waals surface area contributed by atoms with Crippen LogP contribution in [0.3, 0.4) is 0 Å². The van der Waals surface area contributed by atoms with Crippen LogP contribution in [0, 0.1) is 0 Å². The second kappa shape index (κ2) is 37.6. The first-order valence-electron chi connectivity index (χ1n) is 21.4. The Balaban J connectivity index is 3.59. The summed E-state index contributed by atoms with van der Waals surface area (Å²) in [5.74, 6) is -0.582. The molecule has 0 bridgehead atoms. The maximum absolute atomic E-state index is 12.4. The number of rotatable bonds is 39. The highest BCUT2D eigenvalue weighted by Gasteiger charge is 2.28. The van der Waals surface area contributed by atoms with Crippen molar-refractivity contribution < 1.29 is 25.2 Å². The van der Waals surface area contributed by atoms with Crippen molar-refractivity contribution in [3.63, 3.8) is 0 Å². The van der Waals surface area contributed by atoms with E-state index in [-0.39, 0.29) is 0 Å². The molecule has 0 spiro atoms. The minimum atomic E-state index is -1.25. The first kappa shape index (κ1) is 47.3. The zero-order valence-electron chi connectivity index (χ0n) is 32.3. The zero-order valence-corrected chi connectivity index (χ0v) is 32.3. The van der Waals surface area contributed by atoms with Crippen LogP contribution in [0.5, 0.6) is 0 Å². The molecule has 4 atom stereocenters. The zero-order chi connectivity index (χ0) is 35.3. The smallest absolute Gasteiger partial charge is 0.249 e. The number of nitrogens with one attached hydrogen (secondary N) is 1. The van der Waals surface area contributed by atoms with Crippen molar-refractivity contribution in [1.29, 1.82) is 0 Å². The lowest BCUT2D eigenvalue weighted by Gasteiger charge is -2.27. The predicted molar refractivity (Wildman–Crippen MR) is 205 cm³/mol. The SMILES string of the molecule is CCCCCCCCCCCCCCCCCCCCCCCCCCC(O)C(=O)NC(CO)C(O)C(O)CCCCCCCCCC. The number of hydrogen-bond donors (Lipinski definition) is 5. The van der Waals surface area contributed by atoms with E-state index in [0.29, 0.717) is 12.8 Å². The normalized spacial score (nSPS) is 14.2. The third-order valence-electron chi connectivity index (χ3n) is 10.3. The number of carbonyl (C=O) groups excluding carboxylic acids is 1. The van der Waals surface area contributed by atoms with Crippen LogP contribution in [0.2, 0.25) is 0 Å². The van der Waals surface area contributed by atoms with Crippen LogP contribution in [0.1, 0.15) is 232 Å². The monoisotopic (exact) mass is 684 g/mol. The van der Waals surface area contributed by atoms with E-state index in [1.165, 1.54) is 167 Å². The van der Waals surface area contributed by atoms with Crippen molar-refractivity contribution in [2.24, 2.45) is 0 Å². The van der Waals surface area contributed by atoms with Crippen molar-refractivity contribution in [2.75, 3.05) is 6.61 Å². The lowest BCUT2D eigenvalue weighted by molar-refractivity contribution is -0.132. The standard InChI is InChI=1S/C42H85NO5/c1-3-5-7-9-11-13-14-15-16-17-18-19-20-21-22-23-24-25-26-27-28-30-32-34-36-40(46)42(48)43-38(37-44)41(47)39(45)35-33-31-29-12-10-8-6-4-2/h38-41,44-47H,3-37H2,1-2H3,(H,43,48). The molecule has 0 aromatic carbocycles. The van der Waals surface area contributed by atoms with Gasteiger partial charge in [-0.3, -0.25) is 4.79 Å². The summed E-state index contributed by atoms with van der Waals surface area (Å²) in [7, 11) is 0. The first-order chi connectivity index (χ1) is 23.5. The summed E-state index contributed by atoms with van der Waals surface area (Å²) >= 11 is 0. The highest BCUT2D eigenvalue weighted by Crippen LogP contribution is 2.17. The molecule has 5 N–H and O–H groups in total. The molecule has 6 heteroatoms. The maximum atomic E-state index is 12.4. The minimum Gasteiger partial charge on any atom is -0.394 e. The van der Waals surface area contributed by atoms with Crippen LogP contribution in [-0.2, 0) is 4.79 Å². The summed E-state index contributed by atoms with van der Waals surface area (Å²) < 4.78 is 0. The first-order valence-corrected chi connectivity index (χ1v) is 21.4. The Morgan fingerprint density at radius 1 is 0.438 bits per heavy atom. The fourth-order valence-corrected chi connectivity index (χ4v) is 6.88. The number of hydrogen-bond acceptors (Lipinski definition) is 5. The second-order valence-corrected chi connectivity index (χ2v) is 15.1. The molecule has 0 saturated heterocycles. The molecular weight excluding hydrogens is 598 g/mol. The molecule has 288 valence electrons. The molecule has 4 unspecified atom stereocenters. The van der Waals surface area contributed by atoms with Crippen LogP contribution in [0.15, 0.2) is 0 Å². The highest BCUT2D eigenvalue weighted by atomic mass is 16.3. The molecule has 6 nitrogen and oxygen atoms in total. The molecule has 48 heavy (non-hydrogen) atoms. The lowest BCUT2D eigenvalue weighted by atomic mass is 9.99. The Hall–Kier alpha value is -0.690. The average molecular weight is 684 g/mol. The van der Waals surface area contributed by atoms with Crippen molar-refractivity contribution in [3.8, 4) is 0 Å². The van der Waals surface area contributed by atoms with Crippen LogP contribution in [0.4, 0.5) is 0 Å². The molecule has 1 amide bonds. The Morgan fingerprint density at radius 2 is 0.708 bits per heavy atom. The molecular formula is C42H85NO5. The highest BCUT2D eigenvalue weighted by molar-refractivity contribution is 5.80. The molecule has 0 aromatic rings. The van der Waals surface area contributed by atoms with E-state index in [0.717, 1.165) is 38.5 Å². The molecule has 0 aliphatic carbocycles. The van der Waals surface area contributed by atoms with Gasteiger partial charge in [-0.2, -0.15) is 0 Å². The van der Waals surface area contributed by atoms with Gasteiger partial charge in [-0.15, -0.1) is 0 Å². The quantitative estimate of drug-likeness (QED) is 0.0414. The van der Waals surface area contributed by atoms with Crippen molar-refractivity contribution in [2.45, 2.75) is 257 Å². The van der Waals surface area contributed by atoms with Gasteiger partial charge in [0.15, 0.2) is 0 Å². The van der Waals surface area contributed by atoms with Gasteiger partial charge in [0.2, 0.25) is 5.91 Å². The summed E-state index contributed by atoms with van der Waals surface area (Å²) in [5, 5.41) is 43.4. The summed E-state index contributed by atoms with van der Waals surface area (Å²) in [4.78, 5) is 12.4. The van der Waals surface area contributed by atoms with Crippen LogP contribution >= 0.6 is 0 Å². The fraction of sp³-hybridized carbons (Fsp3) is 0.976. The Kier molecular flexibility index (Phi) is 37.0. The maximum Gasteiger partial charge on any atom is 0.249 e. The van der Waals surface area contributed by atoms with Crippen molar-refractivity contribution in [3.05, 3.63) is 0 Å². The van der Waals surface area contributed by atoms with Crippen molar-refractivity contribution in [1.82, 2.24) is 5.32 Å². The summed E-state index contributed by atoms with van der Waals surface area (Å²) in [6.45, 7) is 4.02. The largest absolute Gasteiger partial charge is 0.394 e. The third kappa shape index (κ3) is 31.3. The number of aliphatic hydroxyl groups is 4. The Labute approximate surface area is 299 Å². The van der Waals surface area contributed by atoms with Crippen LogP contribution in [-0.4, -0.2) is 57.3 Å². The van der Waals surface area contributed by atoms with E-state index in [2.05, 4.69) is 19.2 Å². The molecule has 0 heterocycles. The molecule has 0 saturated carbocycles. The third-order valence-corrected chi connectivity index (χ3v) is 10.3. The van der Waals surface area contributed by atoms with Gasteiger partial charge in [-0.05, 0) is 12.8 Å². The van der Waals surface area contributed by atoms with E-state index in [4.69, 9.17) is 0 Å². The molecule has 0 fully saturated rings. The Morgan fingerprint density at radius 3 is 1.00 bits per heavy atom. The number of amides is 1. The van der Waals surface area contributed by atoms with Gasteiger partial charge in [0, 0.05) is 0 Å². The van der Waals surface area contributed by atoms with E-state index >= 15 is 0 Å². The second-order valence-electron chi connectivity index (χ2n) is 15.1. The van der Waals surface area contributed by atoms with E-state index in [1.54, 1.807) is 0 Å². The van der Waals surface area contributed by atoms with Gasteiger partial charge in [0.05, 0.1) is 18.8 Å². The average Bonchev–Trinajstić information content (AvgIpc) is 3.09. The van der Waals surface area contributed by atoms with Gasteiger partial charge in [-0.1, -0.05) is 219 Å². The van der Waals surface area contributed by atoms with Crippen LogP contribution in [0.25, 0.3) is 0 Å². The van der Waals surface area contributed by atoms with Gasteiger partial charge < -0.3 is 25.7 Å². The van der Waals surface area contributed by atoms with E-state index in [9.17, 15) is 25.2 Å². The Bertz CT molecular complexity index is 648. The minimum absolute atomic E-state index is 0.375. The number of carbonyl (C=O) groups is 1. The summed E-state index contributed by atoms with van der Waals surface area (Å²) in [5.41, 5.74) is 0. The predicted octanol–water partition coefficient (Wildman–Crippen LogP) is 10.8. The topological polar surface area (TPSA) is 110 Å². The van der Waals surface area contributed by atoms with E-state index in [1.807, 2.05) is 0 Å². The van der Waals surface area contributed by atoms with E-state index < -0.39 is 36.9 Å². The molecule has 0 aliphatic heterocycles. The fourth-order valence-electron chi connectivity index (χ4n) is 6.88. The van der Waals surface area contributed by atoms with Gasteiger partial charge in [-0.25, -0.2) is 0 Å². The summed E-state index contributed by atoms with van der Waals surface area (Å²) in [6, 6.07) is -0.976.